The number of hydrogen-bond acceptors (Lipinski definition) is 3. The summed E-state index contributed by atoms with van der Waals surface area (Å²) < 4.78 is 0.968. The lowest BCUT2D eigenvalue weighted by Gasteiger charge is -2.14. The van der Waals surface area contributed by atoms with Gasteiger partial charge in [-0.3, -0.25) is 9.89 Å². The molecule has 1 atom stereocenters. The molecule has 1 aromatic heterocycles. The van der Waals surface area contributed by atoms with Crippen LogP contribution in [0.5, 0.6) is 0 Å². The average molecular weight is 435 g/mol. The molecule has 0 saturated heterocycles. The first-order valence-corrected chi connectivity index (χ1v) is 9.55. The lowest BCUT2D eigenvalue weighted by Crippen LogP contribution is -2.27. The van der Waals surface area contributed by atoms with Crippen molar-refractivity contribution >= 4 is 27.9 Å². The second kappa shape index (κ2) is 8.68. The van der Waals surface area contributed by atoms with E-state index < -0.39 is 5.91 Å². The van der Waals surface area contributed by atoms with Crippen LogP contribution in [-0.4, -0.2) is 16.1 Å². The standard InChI is InChI=1S/C22H19BrN4O/c1-14-3-5-16(6-4-14)15(2)26-22(28)18(12-24)11-19-13-25-27-21(19)17-7-9-20(23)10-8-17/h3-11,13,15H,1-2H3,(H,25,27)(H,26,28)/b18-11-/t15-/m1/s1. The number of nitriles is 1. The molecule has 0 bridgehead atoms. The maximum Gasteiger partial charge on any atom is 0.262 e. The van der Waals surface area contributed by atoms with Gasteiger partial charge in [-0.25, -0.2) is 0 Å². The Labute approximate surface area is 172 Å². The predicted molar refractivity (Wildman–Crippen MR) is 113 cm³/mol. The molecule has 1 amide bonds. The average Bonchev–Trinajstić information content (AvgIpc) is 3.15. The van der Waals surface area contributed by atoms with E-state index >= 15 is 0 Å². The molecule has 0 aliphatic heterocycles. The number of hydrogen-bond donors (Lipinski definition) is 2. The molecular formula is C22H19BrN4O. The Balaban J connectivity index is 1.81. The van der Waals surface area contributed by atoms with Gasteiger partial charge in [-0.15, -0.1) is 0 Å². The number of aromatic amines is 1. The predicted octanol–water partition coefficient (Wildman–Crippen LogP) is 4.93. The molecule has 0 unspecified atom stereocenters. The molecule has 2 aromatic carbocycles. The summed E-state index contributed by atoms with van der Waals surface area (Å²) in [4.78, 5) is 12.6. The van der Waals surface area contributed by atoms with Crippen LogP contribution in [0, 0.1) is 18.3 Å². The third-order valence-corrected chi connectivity index (χ3v) is 4.92. The van der Waals surface area contributed by atoms with Crippen LogP contribution in [0.15, 0.2) is 64.8 Å². The smallest absolute Gasteiger partial charge is 0.262 e. The number of carbonyl (C=O) groups excluding carboxylic acids is 1. The molecule has 3 rings (SSSR count). The minimum Gasteiger partial charge on any atom is -0.345 e. The topological polar surface area (TPSA) is 81.6 Å². The molecular weight excluding hydrogens is 416 g/mol. The van der Waals surface area contributed by atoms with Gasteiger partial charge in [0.2, 0.25) is 0 Å². The number of nitrogens with one attached hydrogen (secondary N) is 2. The highest BCUT2D eigenvalue weighted by molar-refractivity contribution is 9.10. The van der Waals surface area contributed by atoms with Gasteiger partial charge in [0, 0.05) is 15.6 Å². The van der Waals surface area contributed by atoms with E-state index in [-0.39, 0.29) is 11.6 Å². The number of aryl methyl sites for hydroxylation is 1. The van der Waals surface area contributed by atoms with E-state index in [9.17, 15) is 10.1 Å². The summed E-state index contributed by atoms with van der Waals surface area (Å²) in [7, 11) is 0. The highest BCUT2D eigenvalue weighted by atomic mass is 79.9. The Morgan fingerprint density at radius 1 is 1.21 bits per heavy atom. The van der Waals surface area contributed by atoms with Crippen molar-refractivity contribution in [1.82, 2.24) is 15.5 Å². The van der Waals surface area contributed by atoms with Gasteiger partial charge in [0.15, 0.2) is 0 Å². The molecule has 1 heterocycles. The number of carbonyl (C=O) groups is 1. The summed E-state index contributed by atoms with van der Waals surface area (Å²) in [6.45, 7) is 3.90. The van der Waals surface area contributed by atoms with Crippen LogP contribution >= 0.6 is 15.9 Å². The van der Waals surface area contributed by atoms with E-state index in [0.29, 0.717) is 5.56 Å². The number of aromatic nitrogens is 2. The second-order valence-corrected chi connectivity index (χ2v) is 7.40. The van der Waals surface area contributed by atoms with Crippen LogP contribution in [-0.2, 0) is 4.79 Å². The van der Waals surface area contributed by atoms with Crippen LogP contribution < -0.4 is 5.32 Å². The molecule has 2 N–H and O–H groups in total. The number of H-pyrrole nitrogens is 1. The van der Waals surface area contributed by atoms with Crippen molar-refractivity contribution in [2.45, 2.75) is 19.9 Å². The van der Waals surface area contributed by atoms with Crippen LogP contribution in [0.3, 0.4) is 0 Å². The normalized spacial score (nSPS) is 12.3. The molecule has 140 valence electrons. The van der Waals surface area contributed by atoms with Gasteiger partial charge in [-0.05, 0) is 37.6 Å². The van der Waals surface area contributed by atoms with E-state index in [0.717, 1.165) is 26.9 Å². The third kappa shape index (κ3) is 4.56. The van der Waals surface area contributed by atoms with Crippen molar-refractivity contribution in [3.05, 3.63) is 81.5 Å². The first-order valence-electron chi connectivity index (χ1n) is 8.76. The van der Waals surface area contributed by atoms with Crippen LogP contribution in [0.2, 0.25) is 0 Å². The first-order chi connectivity index (χ1) is 13.5. The Kier molecular flexibility index (Phi) is 6.07. The lowest BCUT2D eigenvalue weighted by molar-refractivity contribution is -0.117. The second-order valence-electron chi connectivity index (χ2n) is 6.48. The quantitative estimate of drug-likeness (QED) is 0.440. The molecule has 28 heavy (non-hydrogen) atoms. The fourth-order valence-electron chi connectivity index (χ4n) is 2.77. The fraction of sp³-hybridized carbons (Fsp3) is 0.136. The van der Waals surface area contributed by atoms with Gasteiger partial charge >= 0.3 is 0 Å². The van der Waals surface area contributed by atoms with Crippen molar-refractivity contribution in [1.29, 1.82) is 5.26 Å². The summed E-state index contributed by atoms with van der Waals surface area (Å²) in [6.07, 6.45) is 3.16. The number of halogens is 1. The molecule has 0 spiro atoms. The maximum atomic E-state index is 12.6. The van der Waals surface area contributed by atoms with Crippen LogP contribution in [0.25, 0.3) is 17.3 Å². The highest BCUT2D eigenvalue weighted by Crippen LogP contribution is 2.25. The zero-order valence-electron chi connectivity index (χ0n) is 15.5. The number of benzene rings is 2. The summed E-state index contributed by atoms with van der Waals surface area (Å²) >= 11 is 3.41. The Morgan fingerprint density at radius 3 is 2.54 bits per heavy atom. The molecule has 0 aliphatic carbocycles. The van der Waals surface area contributed by atoms with Gasteiger partial charge in [0.1, 0.15) is 11.6 Å². The van der Waals surface area contributed by atoms with Gasteiger partial charge in [0.25, 0.3) is 5.91 Å². The third-order valence-electron chi connectivity index (χ3n) is 4.39. The number of nitrogens with zero attached hydrogens (tertiary/aromatic N) is 2. The van der Waals surface area contributed by atoms with Gasteiger partial charge < -0.3 is 5.32 Å². The van der Waals surface area contributed by atoms with Gasteiger partial charge in [-0.2, -0.15) is 10.4 Å². The Morgan fingerprint density at radius 2 is 1.89 bits per heavy atom. The monoisotopic (exact) mass is 434 g/mol. The SMILES string of the molecule is Cc1ccc([C@@H](C)NC(=O)/C(C#N)=C\c2cn[nH]c2-c2ccc(Br)cc2)cc1. The molecule has 3 aromatic rings. The van der Waals surface area contributed by atoms with Crippen LogP contribution in [0.1, 0.15) is 29.7 Å². The van der Waals surface area contributed by atoms with Crippen molar-refractivity contribution in [3.8, 4) is 17.3 Å². The minimum absolute atomic E-state index is 0.0266. The fourth-order valence-corrected chi connectivity index (χ4v) is 3.03. The summed E-state index contributed by atoms with van der Waals surface area (Å²) in [5, 5.41) is 19.4. The van der Waals surface area contributed by atoms with E-state index in [1.54, 1.807) is 12.3 Å². The molecule has 5 nitrogen and oxygen atoms in total. The van der Waals surface area contributed by atoms with Crippen LogP contribution in [0.4, 0.5) is 0 Å². The van der Waals surface area contributed by atoms with E-state index in [1.807, 2.05) is 68.4 Å². The highest BCUT2D eigenvalue weighted by Gasteiger charge is 2.15. The zero-order valence-corrected chi connectivity index (χ0v) is 17.1. The van der Waals surface area contributed by atoms with Crippen molar-refractivity contribution in [2.75, 3.05) is 0 Å². The molecule has 0 aliphatic rings. The summed E-state index contributed by atoms with van der Waals surface area (Å²) in [5.41, 5.74) is 4.50. The Bertz CT molecular complexity index is 1040. The lowest BCUT2D eigenvalue weighted by atomic mass is 10.0. The van der Waals surface area contributed by atoms with Gasteiger partial charge in [0.05, 0.1) is 17.9 Å². The Hall–Kier alpha value is -3.17. The van der Waals surface area contributed by atoms with Crippen molar-refractivity contribution < 1.29 is 4.79 Å². The van der Waals surface area contributed by atoms with Crippen molar-refractivity contribution in [3.63, 3.8) is 0 Å². The summed E-state index contributed by atoms with van der Waals surface area (Å²) in [5.74, 6) is -0.418. The maximum absolute atomic E-state index is 12.6. The summed E-state index contributed by atoms with van der Waals surface area (Å²) in [6, 6.07) is 17.4. The largest absolute Gasteiger partial charge is 0.345 e. The van der Waals surface area contributed by atoms with E-state index in [4.69, 9.17) is 0 Å². The number of amides is 1. The molecule has 0 saturated carbocycles. The minimum atomic E-state index is -0.418. The molecule has 0 fully saturated rings. The molecule has 0 radical (unpaired) electrons. The van der Waals surface area contributed by atoms with E-state index in [2.05, 4.69) is 31.4 Å². The molecule has 6 heteroatoms. The first kappa shape index (κ1) is 19.6. The zero-order chi connectivity index (χ0) is 20.1. The van der Waals surface area contributed by atoms with E-state index in [1.165, 1.54) is 0 Å². The van der Waals surface area contributed by atoms with Gasteiger partial charge in [-0.1, -0.05) is 57.9 Å². The number of rotatable bonds is 5. The van der Waals surface area contributed by atoms with Crippen molar-refractivity contribution in [2.24, 2.45) is 0 Å².